The summed E-state index contributed by atoms with van der Waals surface area (Å²) in [7, 11) is 0. The smallest absolute Gasteiger partial charge is 0.152 e. The monoisotopic (exact) mass is 77.0 g/mol. The molecule has 0 amide bonds. The van der Waals surface area contributed by atoms with Crippen LogP contribution in [0.25, 0.3) is 0 Å². The van der Waals surface area contributed by atoms with Crippen molar-refractivity contribution in [3.63, 3.8) is 0 Å². The average molecular weight is 77.0 g/mol. The average Bonchev–Trinajstić information content (AvgIpc) is 1.46. The summed E-state index contributed by atoms with van der Waals surface area (Å²) in [5, 5.41) is 7.89. The molecule has 0 heterocycles. The van der Waals surface area contributed by atoms with Gasteiger partial charge in [-0.3, -0.25) is 0 Å². The Morgan fingerprint density at radius 3 is 1.60 bits per heavy atom. The third-order valence-corrected chi connectivity index (χ3v) is 0. The number of nitrogens with zero attached hydrogens (tertiary/aromatic N) is 1. The van der Waals surface area contributed by atoms with Crippen molar-refractivity contribution in [2.75, 3.05) is 0 Å². The topological polar surface area (TPSA) is 97.4 Å². The molecule has 0 unspecified atom stereocenters. The van der Waals surface area contributed by atoms with Crippen LogP contribution in [0, 0.1) is 16.0 Å². The molecule has 0 aromatic heterocycles. The maximum absolute atomic E-state index is 8.11. The van der Waals surface area contributed by atoms with E-state index in [1.807, 2.05) is 0 Å². The second-order valence-electron chi connectivity index (χ2n) is 0.0816. The lowest BCUT2D eigenvalue weighted by molar-refractivity contribution is 0.312. The van der Waals surface area contributed by atoms with Crippen LogP contribution in [0.1, 0.15) is 0 Å². The molecule has 0 radical (unpaired) electrons. The Kier molecular flexibility index (Phi) is 0. The summed E-state index contributed by atoms with van der Waals surface area (Å²) >= 11 is 0. The van der Waals surface area contributed by atoms with Crippen LogP contribution >= 0.6 is 0 Å². The lowest BCUT2D eigenvalue weighted by Crippen LogP contribution is -1.25. The Labute approximate surface area is 27.8 Å². The van der Waals surface area contributed by atoms with E-state index >= 15 is 0 Å². The van der Waals surface area contributed by atoms with Crippen LogP contribution in [-0.2, 0) is 0 Å². The van der Waals surface area contributed by atoms with E-state index in [1.54, 1.807) is 0 Å². The van der Waals surface area contributed by atoms with Crippen LogP contribution in [0.4, 0.5) is 0 Å². The van der Waals surface area contributed by atoms with Gasteiger partial charge in [-0.05, 0) is 0 Å². The summed E-state index contributed by atoms with van der Waals surface area (Å²) < 4.78 is 0. The van der Waals surface area contributed by atoms with Gasteiger partial charge in [-0.1, -0.05) is 0 Å². The van der Waals surface area contributed by atoms with E-state index in [2.05, 4.69) is 0 Å². The Hall–Kier alpha value is -1.00. The van der Waals surface area contributed by atoms with Crippen LogP contribution in [0.3, 0.4) is 0 Å². The highest BCUT2D eigenvalue weighted by Crippen LogP contribution is 1.25. The highest BCUT2D eigenvalue weighted by molar-refractivity contribution is 3.83. The fraction of sp³-hybridized carbons (Fsp3) is 0. The molecule has 0 rings (SSSR count). The molecule has 0 spiro atoms. The van der Waals surface area contributed by atoms with Crippen molar-refractivity contribution < 1.29 is 5.21 Å². The van der Waals surface area contributed by atoms with E-state index in [4.69, 9.17) is 21.2 Å². The van der Waals surface area contributed by atoms with Crippen molar-refractivity contribution in [2.45, 2.75) is 0 Å². The van der Waals surface area contributed by atoms with Gasteiger partial charge in [0.25, 0.3) is 0 Å². The van der Waals surface area contributed by atoms with Gasteiger partial charge in [0.15, 0.2) is 5.34 Å². The molecule has 3 N–H and O–H groups in total. The maximum Gasteiger partial charge on any atom is 0.152 e. The fourth-order valence-corrected chi connectivity index (χ4v) is 0. The predicted octanol–water partition coefficient (Wildman–Crippen LogP) is 0.738. The highest BCUT2D eigenvalue weighted by atomic mass is 16.6. The Morgan fingerprint density at radius 2 is 1.60 bits per heavy atom. The molecule has 0 aromatic carbocycles. The molecule has 5 heavy (non-hydrogen) atoms. The first-order valence-electron chi connectivity index (χ1n) is 0.633. The molecule has 30 valence electrons. The minimum atomic E-state index is 1.25. The van der Waals surface area contributed by atoms with Crippen LogP contribution in [-0.4, -0.2) is 5.21 Å². The molecule has 0 saturated heterocycles. The summed E-state index contributed by atoms with van der Waals surface area (Å²) in [5.74, 6) is 0. The van der Waals surface area contributed by atoms with Crippen molar-refractivity contribution in [3.05, 3.63) is 4.91 Å². The van der Waals surface area contributed by atoms with Gasteiger partial charge in [-0.15, -0.1) is 4.91 Å². The lowest BCUT2D eigenvalue weighted by Gasteiger charge is -1.32. The largest absolute Gasteiger partial charge is 0.379 e. The Bertz CT molecular complexity index is 18.9. The lowest BCUT2D eigenvalue weighted by atomic mass is 13.3. The van der Waals surface area contributed by atoms with Crippen molar-refractivity contribution in [2.24, 2.45) is 5.34 Å². The van der Waals surface area contributed by atoms with Gasteiger partial charge >= 0.3 is 0 Å². The molecule has 5 nitrogen and oxygen atoms in total. The van der Waals surface area contributed by atoms with Gasteiger partial charge in [0.05, 0.1) is 0 Å². The summed E-state index contributed by atoms with van der Waals surface area (Å²) in [5.41, 5.74) is 10.0. The second kappa shape index (κ2) is 0. The minimum absolute atomic E-state index is 1.25. The van der Waals surface area contributed by atoms with Crippen molar-refractivity contribution in [3.8, 4) is 0 Å². The van der Waals surface area contributed by atoms with Gasteiger partial charge in [0, 0.05) is 0 Å². The molecule has 0 atom stereocenters. The first-order chi connectivity index (χ1) is 2.41. The van der Waals surface area contributed by atoms with Crippen LogP contribution in [0.15, 0.2) is 5.34 Å². The van der Waals surface area contributed by atoms with E-state index in [0.29, 0.717) is 0 Å². The third-order valence-electron chi connectivity index (χ3n) is 0. The molecule has 5 heteroatoms. The first-order valence-corrected chi connectivity index (χ1v) is 0.633. The molecular formula is H3N3O2. The predicted molar refractivity (Wildman–Crippen MR) is 13.0 cm³/mol. The summed E-state index contributed by atoms with van der Waals surface area (Å²) in [6, 6.07) is 0. The van der Waals surface area contributed by atoms with E-state index in [1.165, 1.54) is 5.34 Å². The second-order valence-corrected chi connectivity index (χ2v) is 0.0816. The van der Waals surface area contributed by atoms with E-state index in [9.17, 15) is 0 Å². The Balaban J connectivity index is 0. The standard InChI is InChI=1S/H2N2.HNO2/c1-2;2-1-3/h1-2H;(H,2,3). The van der Waals surface area contributed by atoms with Crippen LogP contribution < -0.4 is 0 Å². The van der Waals surface area contributed by atoms with Crippen molar-refractivity contribution in [1.82, 2.24) is 0 Å². The highest BCUT2D eigenvalue weighted by Gasteiger charge is 1.18. The van der Waals surface area contributed by atoms with Gasteiger partial charge < -0.3 is 5.21 Å². The SMILES string of the molecule is N=N.O=NO. The van der Waals surface area contributed by atoms with Gasteiger partial charge in [0.2, 0.25) is 0 Å². The van der Waals surface area contributed by atoms with Crippen molar-refractivity contribution >= 4 is 0 Å². The molecule has 0 fully saturated rings. The minimum Gasteiger partial charge on any atom is -0.379 e. The zero-order chi connectivity index (χ0) is 4.71. The van der Waals surface area contributed by atoms with E-state index in [-0.39, 0.29) is 0 Å². The van der Waals surface area contributed by atoms with Gasteiger partial charge in [-0.25, -0.2) is 11.1 Å². The van der Waals surface area contributed by atoms with Crippen molar-refractivity contribution in [1.29, 1.82) is 11.1 Å². The zero-order valence-electron chi connectivity index (χ0n) is 2.30. The summed E-state index contributed by atoms with van der Waals surface area (Å²) in [6.45, 7) is 0. The molecule has 0 aliphatic rings. The molecule has 0 aromatic rings. The molecule has 0 saturated carbocycles. The number of rotatable bonds is 0. The van der Waals surface area contributed by atoms with Gasteiger partial charge in [0.1, 0.15) is 0 Å². The van der Waals surface area contributed by atoms with E-state index < -0.39 is 0 Å². The first kappa shape index (κ1) is 9.00. The molecule has 0 bridgehead atoms. The normalized spacial score (nSPS) is 3.20. The zero-order valence-corrected chi connectivity index (χ0v) is 2.30. The fourth-order valence-electron chi connectivity index (χ4n) is 0. The molecule has 0 aliphatic heterocycles. The van der Waals surface area contributed by atoms with E-state index in [0.717, 1.165) is 0 Å². The molecule has 0 aliphatic carbocycles. The summed E-state index contributed by atoms with van der Waals surface area (Å²) in [6.07, 6.45) is 0. The maximum atomic E-state index is 8.11. The van der Waals surface area contributed by atoms with Crippen LogP contribution in [0.5, 0.6) is 0 Å². The van der Waals surface area contributed by atoms with Crippen LogP contribution in [0.2, 0.25) is 0 Å². The van der Waals surface area contributed by atoms with Gasteiger partial charge in [-0.2, -0.15) is 0 Å². The number of nitrogens with one attached hydrogen (secondary N) is 2. The third kappa shape index (κ3) is 3.00. The molecular weight excluding hydrogens is 74.0 g/mol. The number of hydrogen-bond acceptors (Lipinski definition) is 4. The number of hydrogen-bond donors (Lipinski definition) is 3. The summed E-state index contributed by atoms with van der Waals surface area (Å²) in [4.78, 5) is 8.11. The quantitative estimate of drug-likeness (QED) is 0.226. The Morgan fingerprint density at radius 1 is 1.60 bits per heavy atom.